The Morgan fingerprint density at radius 3 is 1.95 bits per heavy atom. The highest BCUT2D eigenvalue weighted by Gasteiger charge is 2.59. The molecule has 0 bridgehead atoms. The molecule has 0 N–H and O–H groups in total. The minimum absolute atomic E-state index is 0.0111. The highest BCUT2D eigenvalue weighted by atomic mass is 35.5. The van der Waals surface area contributed by atoms with Crippen LogP contribution in [0.2, 0.25) is 15.1 Å². The van der Waals surface area contributed by atoms with Gasteiger partial charge in [0.25, 0.3) is 0 Å². The van der Waals surface area contributed by atoms with Crippen LogP contribution in [0.3, 0.4) is 0 Å². The van der Waals surface area contributed by atoms with Crippen LogP contribution in [-0.4, -0.2) is 37.4 Å². The second-order valence-corrected chi connectivity index (χ2v) is 12.8. The van der Waals surface area contributed by atoms with Gasteiger partial charge in [0.15, 0.2) is 9.84 Å². The summed E-state index contributed by atoms with van der Waals surface area (Å²) in [5.74, 6) is 0.385. The Morgan fingerprint density at radius 2 is 1.47 bits per heavy atom. The number of halogens is 4. The summed E-state index contributed by atoms with van der Waals surface area (Å²) in [6, 6.07) is 16.9. The second-order valence-electron chi connectivity index (χ2n) is 9.17. The van der Waals surface area contributed by atoms with E-state index in [1.807, 2.05) is 26.0 Å². The first-order valence-corrected chi connectivity index (χ1v) is 14.9. The van der Waals surface area contributed by atoms with Crippen molar-refractivity contribution in [3.63, 3.8) is 0 Å². The summed E-state index contributed by atoms with van der Waals surface area (Å²) < 4.78 is 31.0. The third kappa shape index (κ3) is 4.80. The van der Waals surface area contributed by atoms with Crippen molar-refractivity contribution in [1.29, 1.82) is 0 Å². The number of amidine groups is 1. The molecule has 6 nitrogen and oxygen atoms in total. The Bertz CT molecular complexity index is 1540. The van der Waals surface area contributed by atoms with Gasteiger partial charge in [0.05, 0.1) is 22.1 Å². The molecule has 1 amide bonds. The van der Waals surface area contributed by atoms with Gasteiger partial charge < -0.3 is 4.74 Å². The molecule has 200 valence electrons. The number of carbonyl (C=O) groups excluding carboxylic acids is 1. The SMILES string of the molecule is CCOc1cc(Cl)c(S(C)(=O)=O)cc1C1=N[C@@](C)(c2ccc(Cl)cc2)[C@](C)(c2ccc(Cl)cc2)N1C(=O)Cl. The number of aliphatic imine (C=N–C) groups is 1. The number of hydrogen-bond donors (Lipinski definition) is 0. The van der Waals surface area contributed by atoms with E-state index in [0.29, 0.717) is 15.6 Å². The minimum atomic E-state index is -3.73. The fraction of sp³-hybridized carbons (Fsp3) is 0.259. The Labute approximate surface area is 242 Å². The Morgan fingerprint density at radius 1 is 0.947 bits per heavy atom. The number of nitrogens with zero attached hydrogens (tertiary/aromatic N) is 2. The summed E-state index contributed by atoms with van der Waals surface area (Å²) in [7, 11) is -3.73. The van der Waals surface area contributed by atoms with E-state index in [9.17, 15) is 13.2 Å². The molecular formula is C27H24Cl4N2O4S. The van der Waals surface area contributed by atoms with Crippen LogP contribution < -0.4 is 4.74 Å². The fourth-order valence-corrected chi connectivity index (χ4v) is 6.63. The molecule has 0 saturated carbocycles. The van der Waals surface area contributed by atoms with E-state index in [1.54, 1.807) is 43.3 Å². The first-order chi connectivity index (χ1) is 17.7. The smallest absolute Gasteiger partial charge is 0.322 e. The molecule has 1 aliphatic heterocycles. The first-order valence-electron chi connectivity index (χ1n) is 11.5. The van der Waals surface area contributed by atoms with Crippen LogP contribution in [0.5, 0.6) is 5.75 Å². The van der Waals surface area contributed by atoms with Gasteiger partial charge in [-0.15, -0.1) is 0 Å². The highest BCUT2D eigenvalue weighted by Crippen LogP contribution is 2.54. The molecule has 0 aromatic heterocycles. The molecule has 0 radical (unpaired) electrons. The maximum Gasteiger partial charge on any atom is 0.322 e. The standard InChI is InChI=1S/C27H24Cl4N2O4S/c1-5-37-22-15-21(30)23(38(4,35)36)14-20(22)24-32-26(2,16-6-10-18(28)11-7-16)27(3,33(24)25(31)34)17-8-12-19(29)13-9-17/h6-15H,5H2,1-4H3/t26-,27-/m0/s1. The van der Waals surface area contributed by atoms with Crippen LogP contribution in [0.25, 0.3) is 0 Å². The first kappa shape index (κ1) is 28.7. The second kappa shape index (κ2) is 10.4. The van der Waals surface area contributed by atoms with Crippen LogP contribution >= 0.6 is 46.4 Å². The minimum Gasteiger partial charge on any atom is -0.493 e. The Hall–Kier alpha value is -2.29. The molecule has 0 saturated heterocycles. The molecule has 0 spiro atoms. The van der Waals surface area contributed by atoms with Gasteiger partial charge in [-0.3, -0.25) is 14.7 Å². The zero-order valence-electron chi connectivity index (χ0n) is 20.9. The molecule has 11 heteroatoms. The predicted octanol–water partition coefficient (Wildman–Crippen LogP) is 7.70. The summed E-state index contributed by atoms with van der Waals surface area (Å²) in [5.41, 5.74) is -0.605. The van der Waals surface area contributed by atoms with E-state index in [4.69, 9.17) is 56.1 Å². The third-order valence-electron chi connectivity index (χ3n) is 6.90. The predicted molar refractivity (Wildman–Crippen MR) is 153 cm³/mol. The normalized spacial score (nSPS) is 21.4. The lowest BCUT2D eigenvalue weighted by atomic mass is 9.71. The molecule has 0 unspecified atom stereocenters. The van der Waals surface area contributed by atoms with Crippen LogP contribution in [0, 0.1) is 0 Å². The Balaban J connectivity index is 2.11. The van der Waals surface area contributed by atoms with Crippen molar-refractivity contribution < 1.29 is 17.9 Å². The van der Waals surface area contributed by atoms with Gasteiger partial charge in [-0.25, -0.2) is 8.42 Å². The van der Waals surface area contributed by atoms with Gasteiger partial charge in [-0.1, -0.05) is 59.1 Å². The summed E-state index contributed by atoms with van der Waals surface area (Å²) >= 11 is 25.0. The average molecular weight is 614 g/mol. The van der Waals surface area contributed by atoms with Crippen molar-refractivity contribution >= 4 is 67.4 Å². The summed E-state index contributed by atoms with van der Waals surface area (Å²) in [6.07, 6.45) is 1.05. The van der Waals surface area contributed by atoms with Crippen LogP contribution in [-0.2, 0) is 20.9 Å². The largest absolute Gasteiger partial charge is 0.493 e. The monoisotopic (exact) mass is 612 g/mol. The third-order valence-corrected chi connectivity index (χ3v) is 9.13. The molecule has 1 heterocycles. The van der Waals surface area contributed by atoms with E-state index in [1.165, 1.54) is 17.0 Å². The average Bonchev–Trinajstić information content (AvgIpc) is 3.08. The topological polar surface area (TPSA) is 76.0 Å². The van der Waals surface area contributed by atoms with Crippen molar-refractivity contribution in [2.45, 2.75) is 36.7 Å². The van der Waals surface area contributed by atoms with Gasteiger partial charge >= 0.3 is 5.37 Å². The van der Waals surface area contributed by atoms with Crippen molar-refractivity contribution in [1.82, 2.24) is 4.90 Å². The summed E-state index contributed by atoms with van der Waals surface area (Å²) in [6.45, 7) is 5.75. The number of hydrogen-bond acceptors (Lipinski definition) is 5. The zero-order valence-corrected chi connectivity index (χ0v) is 24.8. The van der Waals surface area contributed by atoms with Gasteiger partial charge in [-0.2, -0.15) is 0 Å². The molecule has 2 atom stereocenters. The molecule has 0 aliphatic carbocycles. The molecule has 3 aromatic rings. The van der Waals surface area contributed by atoms with Gasteiger partial charge in [0.2, 0.25) is 0 Å². The molecule has 1 aliphatic rings. The molecule has 0 fully saturated rings. The fourth-order valence-electron chi connectivity index (χ4n) is 4.81. The molecule has 3 aromatic carbocycles. The van der Waals surface area contributed by atoms with E-state index >= 15 is 0 Å². The summed E-state index contributed by atoms with van der Waals surface area (Å²) in [5, 5.41) is 0.217. The molecule has 38 heavy (non-hydrogen) atoms. The van der Waals surface area contributed by atoms with E-state index in [2.05, 4.69) is 0 Å². The highest BCUT2D eigenvalue weighted by molar-refractivity contribution is 7.90. The lowest BCUT2D eigenvalue weighted by molar-refractivity contribution is 0.149. The summed E-state index contributed by atoms with van der Waals surface area (Å²) in [4.78, 5) is 19.6. The lowest BCUT2D eigenvalue weighted by Crippen LogP contribution is -2.53. The lowest BCUT2D eigenvalue weighted by Gasteiger charge is -2.44. The van der Waals surface area contributed by atoms with E-state index in [0.717, 1.165) is 11.8 Å². The zero-order chi connectivity index (χ0) is 28.0. The van der Waals surface area contributed by atoms with E-state index < -0.39 is 26.3 Å². The molecule has 4 rings (SSSR count). The van der Waals surface area contributed by atoms with Crippen LogP contribution in [0.1, 0.15) is 37.5 Å². The van der Waals surface area contributed by atoms with Gasteiger partial charge in [0.1, 0.15) is 22.7 Å². The van der Waals surface area contributed by atoms with Crippen LogP contribution in [0.4, 0.5) is 4.79 Å². The number of rotatable bonds is 6. The van der Waals surface area contributed by atoms with Crippen molar-refractivity contribution in [3.8, 4) is 5.75 Å². The number of ether oxygens (including phenoxy) is 1. The van der Waals surface area contributed by atoms with Crippen molar-refractivity contribution in [3.05, 3.63) is 92.4 Å². The van der Waals surface area contributed by atoms with E-state index in [-0.39, 0.29) is 33.7 Å². The number of carbonyl (C=O) groups is 1. The maximum atomic E-state index is 13.3. The molecular weight excluding hydrogens is 590 g/mol. The quantitative estimate of drug-likeness (QED) is 0.211. The van der Waals surface area contributed by atoms with Crippen molar-refractivity contribution in [2.75, 3.05) is 12.9 Å². The van der Waals surface area contributed by atoms with Crippen LogP contribution in [0.15, 0.2) is 70.6 Å². The Kier molecular flexibility index (Phi) is 7.83. The number of sulfone groups is 1. The van der Waals surface area contributed by atoms with Crippen molar-refractivity contribution in [2.24, 2.45) is 4.99 Å². The maximum absolute atomic E-state index is 13.3. The number of amides is 1. The number of benzene rings is 3. The van der Waals surface area contributed by atoms with Gasteiger partial charge in [-0.05, 0) is 73.8 Å². The van der Waals surface area contributed by atoms with Gasteiger partial charge in [0, 0.05) is 22.4 Å².